The van der Waals surface area contributed by atoms with E-state index >= 15 is 0 Å². The van der Waals surface area contributed by atoms with E-state index in [1.165, 1.54) is 11.1 Å². The van der Waals surface area contributed by atoms with Gasteiger partial charge in [0, 0.05) is 13.7 Å². The van der Waals surface area contributed by atoms with E-state index in [1.54, 1.807) is 7.11 Å². The standard InChI is InChI=1S/C16H25NO2/c1-4-19-16-9-7-15(8-10-16)14(2)6-5-11-17-12-13-18-3/h6-10,17H,4-5,11-13H2,1-3H3. The Morgan fingerprint density at radius 1 is 1.21 bits per heavy atom. The number of benzene rings is 1. The van der Waals surface area contributed by atoms with E-state index in [0.29, 0.717) is 6.61 Å². The van der Waals surface area contributed by atoms with Crippen LogP contribution in [-0.2, 0) is 4.74 Å². The minimum atomic E-state index is 0.710. The summed E-state index contributed by atoms with van der Waals surface area (Å²) in [5.74, 6) is 0.931. The molecule has 1 rings (SSSR count). The fourth-order valence-electron chi connectivity index (χ4n) is 1.79. The highest BCUT2D eigenvalue weighted by Crippen LogP contribution is 2.18. The van der Waals surface area contributed by atoms with Gasteiger partial charge in [-0.2, -0.15) is 0 Å². The molecule has 1 aromatic rings. The quantitative estimate of drug-likeness (QED) is 0.694. The van der Waals surface area contributed by atoms with Gasteiger partial charge in [-0.25, -0.2) is 0 Å². The van der Waals surface area contributed by atoms with E-state index < -0.39 is 0 Å². The average molecular weight is 263 g/mol. The topological polar surface area (TPSA) is 30.5 Å². The van der Waals surface area contributed by atoms with Crippen molar-refractivity contribution in [2.45, 2.75) is 20.3 Å². The molecule has 3 heteroatoms. The lowest BCUT2D eigenvalue weighted by Gasteiger charge is -2.06. The minimum Gasteiger partial charge on any atom is -0.494 e. The Kier molecular flexibility index (Phi) is 7.94. The number of methoxy groups -OCH3 is 1. The molecule has 3 nitrogen and oxygen atoms in total. The van der Waals surface area contributed by atoms with Crippen LogP contribution in [0.15, 0.2) is 30.3 Å². The predicted octanol–water partition coefficient (Wildman–Crippen LogP) is 3.11. The van der Waals surface area contributed by atoms with E-state index in [9.17, 15) is 0 Å². The summed E-state index contributed by atoms with van der Waals surface area (Å²) in [7, 11) is 1.72. The lowest BCUT2D eigenvalue weighted by Crippen LogP contribution is -2.19. The number of nitrogens with one attached hydrogen (secondary N) is 1. The van der Waals surface area contributed by atoms with E-state index in [-0.39, 0.29) is 0 Å². The van der Waals surface area contributed by atoms with Gasteiger partial charge < -0.3 is 14.8 Å². The van der Waals surface area contributed by atoms with E-state index in [2.05, 4.69) is 30.4 Å². The molecule has 0 radical (unpaired) electrons. The van der Waals surface area contributed by atoms with Crippen molar-refractivity contribution >= 4 is 5.57 Å². The Morgan fingerprint density at radius 2 is 1.95 bits per heavy atom. The van der Waals surface area contributed by atoms with Gasteiger partial charge in [-0.05, 0) is 50.1 Å². The fraction of sp³-hybridized carbons (Fsp3) is 0.500. The fourth-order valence-corrected chi connectivity index (χ4v) is 1.79. The lowest BCUT2D eigenvalue weighted by molar-refractivity contribution is 0.199. The molecule has 0 unspecified atom stereocenters. The van der Waals surface area contributed by atoms with E-state index in [4.69, 9.17) is 9.47 Å². The molecule has 0 aliphatic rings. The van der Waals surface area contributed by atoms with Gasteiger partial charge in [0.25, 0.3) is 0 Å². The zero-order valence-corrected chi connectivity index (χ0v) is 12.2. The smallest absolute Gasteiger partial charge is 0.119 e. The van der Waals surface area contributed by atoms with Gasteiger partial charge >= 0.3 is 0 Å². The van der Waals surface area contributed by atoms with Crippen LogP contribution >= 0.6 is 0 Å². The summed E-state index contributed by atoms with van der Waals surface area (Å²) >= 11 is 0. The van der Waals surface area contributed by atoms with Crippen LogP contribution in [0.1, 0.15) is 25.8 Å². The SMILES string of the molecule is CCOc1ccc(C(C)=CCCNCCOC)cc1. The molecule has 0 aromatic heterocycles. The van der Waals surface area contributed by atoms with Crippen LogP contribution in [0.4, 0.5) is 0 Å². The molecule has 106 valence electrons. The molecule has 0 bridgehead atoms. The van der Waals surface area contributed by atoms with Crippen molar-refractivity contribution in [1.29, 1.82) is 0 Å². The van der Waals surface area contributed by atoms with Gasteiger partial charge in [0.1, 0.15) is 5.75 Å². The van der Waals surface area contributed by atoms with Crippen LogP contribution in [0, 0.1) is 0 Å². The summed E-state index contributed by atoms with van der Waals surface area (Å²) in [6, 6.07) is 8.25. The third-order valence-corrected chi connectivity index (χ3v) is 2.88. The predicted molar refractivity (Wildman–Crippen MR) is 80.6 cm³/mol. The molecule has 0 atom stereocenters. The molecule has 0 aliphatic carbocycles. The van der Waals surface area contributed by atoms with Crippen molar-refractivity contribution in [2.24, 2.45) is 0 Å². The normalized spacial score (nSPS) is 11.6. The Hall–Kier alpha value is -1.32. The molecule has 1 aromatic carbocycles. The third-order valence-electron chi connectivity index (χ3n) is 2.88. The van der Waals surface area contributed by atoms with Crippen LogP contribution < -0.4 is 10.1 Å². The van der Waals surface area contributed by atoms with Crippen molar-refractivity contribution in [3.05, 3.63) is 35.9 Å². The lowest BCUT2D eigenvalue weighted by atomic mass is 10.1. The highest BCUT2D eigenvalue weighted by molar-refractivity contribution is 5.64. The van der Waals surface area contributed by atoms with Gasteiger partial charge in [-0.3, -0.25) is 0 Å². The molecular weight excluding hydrogens is 238 g/mol. The molecule has 1 N–H and O–H groups in total. The molecule has 0 spiro atoms. The first-order valence-electron chi connectivity index (χ1n) is 6.87. The second-order valence-electron chi connectivity index (χ2n) is 4.38. The first-order valence-corrected chi connectivity index (χ1v) is 6.87. The number of hydrogen-bond acceptors (Lipinski definition) is 3. The largest absolute Gasteiger partial charge is 0.494 e. The van der Waals surface area contributed by atoms with Gasteiger partial charge in [0.05, 0.1) is 13.2 Å². The van der Waals surface area contributed by atoms with Crippen LogP contribution in [0.25, 0.3) is 5.57 Å². The monoisotopic (exact) mass is 263 g/mol. The molecule has 0 saturated heterocycles. The highest BCUT2D eigenvalue weighted by atomic mass is 16.5. The minimum absolute atomic E-state index is 0.710. The van der Waals surface area contributed by atoms with Crippen molar-refractivity contribution in [2.75, 3.05) is 33.4 Å². The maximum Gasteiger partial charge on any atom is 0.119 e. The number of rotatable bonds is 9. The number of ether oxygens (including phenoxy) is 2. The Labute approximate surface area is 116 Å². The molecule has 0 heterocycles. The zero-order chi connectivity index (χ0) is 13.9. The van der Waals surface area contributed by atoms with Crippen LogP contribution in [0.3, 0.4) is 0 Å². The van der Waals surface area contributed by atoms with Gasteiger partial charge in [-0.15, -0.1) is 0 Å². The van der Waals surface area contributed by atoms with E-state index in [1.807, 2.05) is 19.1 Å². The van der Waals surface area contributed by atoms with Gasteiger partial charge in [0.15, 0.2) is 0 Å². The highest BCUT2D eigenvalue weighted by Gasteiger charge is 1.97. The Bertz CT molecular complexity index is 371. The zero-order valence-electron chi connectivity index (χ0n) is 12.2. The summed E-state index contributed by atoms with van der Waals surface area (Å²) in [5, 5.41) is 3.33. The molecule has 0 fully saturated rings. The third kappa shape index (κ3) is 6.41. The number of hydrogen-bond donors (Lipinski definition) is 1. The van der Waals surface area contributed by atoms with Crippen molar-refractivity contribution < 1.29 is 9.47 Å². The van der Waals surface area contributed by atoms with Crippen LogP contribution in [0.5, 0.6) is 5.75 Å². The molecular formula is C16H25NO2. The Morgan fingerprint density at radius 3 is 2.58 bits per heavy atom. The van der Waals surface area contributed by atoms with Gasteiger partial charge in [-0.1, -0.05) is 18.2 Å². The van der Waals surface area contributed by atoms with Crippen molar-refractivity contribution in [3.63, 3.8) is 0 Å². The van der Waals surface area contributed by atoms with Crippen LogP contribution in [-0.4, -0.2) is 33.4 Å². The summed E-state index contributed by atoms with van der Waals surface area (Å²) in [4.78, 5) is 0. The Balaban J connectivity index is 2.36. The first-order chi connectivity index (χ1) is 9.27. The summed E-state index contributed by atoms with van der Waals surface area (Å²) in [6.45, 7) is 7.51. The maximum atomic E-state index is 5.44. The summed E-state index contributed by atoms with van der Waals surface area (Å²) in [6.07, 6.45) is 3.29. The molecule has 19 heavy (non-hydrogen) atoms. The maximum absolute atomic E-state index is 5.44. The number of allylic oxidation sites excluding steroid dienone is 1. The average Bonchev–Trinajstić information content (AvgIpc) is 2.43. The molecule has 0 aliphatic heterocycles. The van der Waals surface area contributed by atoms with Crippen LogP contribution in [0.2, 0.25) is 0 Å². The van der Waals surface area contributed by atoms with Crippen molar-refractivity contribution in [3.8, 4) is 5.75 Å². The molecule has 0 saturated carbocycles. The summed E-state index contributed by atoms with van der Waals surface area (Å²) < 4.78 is 10.4. The summed E-state index contributed by atoms with van der Waals surface area (Å²) in [5.41, 5.74) is 2.55. The first kappa shape index (κ1) is 15.7. The second-order valence-corrected chi connectivity index (χ2v) is 4.38. The second kappa shape index (κ2) is 9.59. The van der Waals surface area contributed by atoms with E-state index in [0.717, 1.165) is 31.9 Å². The van der Waals surface area contributed by atoms with Crippen molar-refractivity contribution in [1.82, 2.24) is 5.32 Å². The van der Waals surface area contributed by atoms with Gasteiger partial charge in [0.2, 0.25) is 0 Å². The molecule has 0 amide bonds.